The molecule has 1 atom stereocenters. The third kappa shape index (κ3) is 2.70. The summed E-state index contributed by atoms with van der Waals surface area (Å²) in [7, 11) is 0. The Morgan fingerprint density at radius 1 is 1.79 bits per heavy atom. The summed E-state index contributed by atoms with van der Waals surface area (Å²) in [5.74, 6) is -1.76. The van der Waals surface area contributed by atoms with Gasteiger partial charge in [-0.1, -0.05) is 0 Å². The maximum Gasteiger partial charge on any atom is 0.374 e. The number of halogens is 1. The van der Waals surface area contributed by atoms with E-state index in [0.717, 1.165) is 6.07 Å². The molecule has 7 heteroatoms. The van der Waals surface area contributed by atoms with Gasteiger partial charge < -0.3 is 19.5 Å². The zero-order chi connectivity index (χ0) is 10.6. The van der Waals surface area contributed by atoms with Crippen molar-refractivity contribution in [2.45, 2.75) is 6.10 Å². The molecule has 2 N–H and O–H groups in total. The molecule has 1 aromatic rings. The van der Waals surface area contributed by atoms with Crippen LogP contribution in [0.25, 0.3) is 0 Å². The number of ether oxygens (including phenoxy) is 1. The van der Waals surface area contributed by atoms with E-state index < -0.39 is 18.7 Å². The summed E-state index contributed by atoms with van der Waals surface area (Å²) >= 11 is 0. The number of aliphatic hydroxyl groups excluding tert-OH is 1. The van der Waals surface area contributed by atoms with E-state index in [1.807, 2.05) is 0 Å². The summed E-state index contributed by atoms with van der Waals surface area (Å²) in [6.45, 7) is -1.24. The quantitative estimate of drug-likeness (QED) is 0.707. The van der Waals surface area contributed by atoms with Crippen molar-refractivity contribution in [3.63, 3.8) is 0 Å². The van der Waals surface area contributed by atoms with Gasteiger partial charge in [0.25, 0.3) is 5.88 Å². The first-order valence-corrected chi connectivity index (χ1v) is 3.70. The van der Waals surface area contributed by atoms with Gasteiger partial charge in [0.05, 0.1) is 6.07 Å². The molecule has 0 aromatic carbocycles. The summed E-state index contributed by atoms with van der Waals surface area (Å²) in [5.41, 5.74) is 0. The highest BCUT2D eigenvalue weighted by molar-refractivity contribution is 5.84. The second-order valence-electron chi connectivity index (χ2n) is 2.45. The average molecular weight is 205 g/mol. The van der Waals surface area contributed by atoms with Crippen LogP contribution in [0.3, 0.4) is 0 Å². The van der Waals surface area contributed by atoms with Gasteiger partial charge in [-0.2, -0.15) is 0 Å². The van der Waals surface area contributed by atoms with Crippen molar-refractivity contribution in [1.82, 2.24) is 5.16 Å². The molecule has 1 unspecified atom stereocenters. The Balaban J connectivity index is 2.48. The molecule has 0 bridgehead atoms. The van der Waals surface area contributed by atoms with Crippen LogP contribution in [0.1, 0.15) is 10.6 Å². The molecule has 0 spiro atoms. The summed E-state index contributed by atoms with van der Waals surface area (Å²) in [4.78, 5) is 10.3. The van der Waals surface area contributed by atoms with Crippen LogP contribution in [0.5, 0.6) is 5.88 Å². The van der Waals surface area contributed by atoms with Gasteiger partial charge in [0.15, 0.2) is 0 Å². The van der Waals surface area contributed by atoms with Crippen LogP contribution >= 0.6 is 0 Å². The van der Waals surface area contributed by atoms with E-state index in [1.165, 1.54) is 0 Å². The minimum Gasteiger partial charge on any atom is -0.475 e. The molecule has 1 rings (SSSR count). The van der Waals surface area contributed by atoms with Crippen LogP contribution in [-0.2, 0) is 0 Å². The first kappa shape index (κ1) is 10.5. The highest BCUT2D eigenvalue weighted by Gasteiger charge is 2.12. The Hall–Kier alpha value is -1.63. The second kappa shape index (κ2) is 4.56. The molecule has 0 saturated carbocycles. The van der Waals surface area contributed by atoms with Crippen molar-refractivity contribution >= 4 is 5.97 Å². The molecule has 1 aromatic heterocycles. The Morgan fingerprint density at radius 2 is 2.50 bits per heavy atom. The number of carboxylic acids is 1. The van der Waals surface area contributed by atoms with E-state index in [-0.39, 0.29) is 18.2 Å². The number of aromatic carboxylic acids is 1. The summed E-state index contributed by atoms with van der Waals surface area (Å²) in [6.07, 6.45) is -1.25. The minimum absolute atomic E-state index is 0.102. The van der Waals surface area contributed by atoms with E-state index in [9.17, 15) is 9.18 Å². The van der Waals surface area contributed by atoms with E-state index in [1.54, 1.807) is 0 Å². The molecule has 0 aliphatic carbocycles. The third-order valence-electron chi connectivity index (χ3n) is 1.30. The van der Waals surface area contributed by atoms with Crippen molar-refractivity contribution in [3.05, 3.63) is 11.8 Å². The monoisotopic (exact) mass is 205 g/mol. The molecule has 1 heterocycles. The number of alkyl halides is 1. The highest BCUT2D eigenvalue weighted by atomic mass is 19.1. The van der Waals surface area contributed by atoms with E-state index in [4.69, 9.17) is 14.9 Å². The molecule has 0 amide bonds. The predicted molar refractivity (Wildman–Crippen MR) is 40.9 cm³/mol. The van der Waals surface area contributed by atoms with Crippen molar-refractivity contribution in [1.29, 1.82) is 0 Å². The lowest BCUT2D eigenvalue weighted by molar-refractivity contribution is 0.0649. The largest absolute Gasteiger partial charge is 0.475 e. The van der Waals surface area contributed by atoms with E-state index >= 15 is 0 Å². The fraction of sp³-hybridized carbons (Fsp3) is 0.429. The number of aliphatic hydroxyl groups is 1. The van der Waals surface area contributed by atoms with Gasteiger partial charge in [-0.25, -0.2) is 9.18 Å². The smallest absolute Gasteiger partial charge is 0.374 e. The number of hydrogen-bond acceptors (Lipinski definition) is 5. The van der Waals surface area contributed by atoms with Crippen LogP contribution in [0.15, 0.2) is 10.6 Å². The SMILES string of the molecule is O=C(O)c1cc(OCC(O)CF)no1. The Labute approximate surface area is 77.9 Å². The predicted octanol–water partition coefficient (Wildman–Crippen LogP) is 0.0820. The number of hydrogen-bond donors (Lipinski definition) is 2. The highest BCUT2D eigenvalue weighted by Crippen LogP contribution is 2.11. The zero-order valence-electron chi connectivity index (χ0n) is 7.01. The Bertz CT molecular complexity index is 313. The standard InChI is InChI=1S/C7H8FNO5/c8-2-4(10)3-13-6-1-5(7(11)12)14-9-6/h1,4,10H,2-3H2,(H,11,12). The third-order valence-corrected chi connectivity index (χ3v) is 1.30. The lowest BCUT2D eigenvalue weighted by Gasteiger charge is -2.04. The molecule has 0 aliphatic heterocycles. The van der Waals surface area contributed by atoms with Gasteiger partial charge >= 0.3 is 5.97 Å². The van der Waals surface area contributed by atoms with Gasteiger partial charge in [0.1, 0.15) is 19.4 Å². The number of carbonyl (C=O) groups is 1. The molecule has 0 aliphatic rings. The van der Waals surface area contributed by atoms with Gasteiger partial charge in [0, 0.05) is 0 Å². The van der Waals surface area contributed by atoms with Crippen LogP contribution in [-0.4, -0.2) is 40.7 Å². The van der Waals surface area contributed by atoms with Crippen LogP contribution in [0, 0.1) is 0 Å². The first-order valence-electron chi connectivity index (χ1n) is 3.70. The molecule has 0 radical (unpaired) electrons. The van der Waals surface area contributed by atoms with Gasteiger partial charge in [-0.05, 0) is 5.16 Å². The maximum atomic E-state index is 11.8. The normalized spacial score (nSPS) is 12.4. The van der Waals surface area contributed by atoms with Crippen molar-refractivity contribution in [3.8, 4) is 5.88 Å². The van der Waals surface area contributed by atoms with Gasteiger partial charge in [-0.15, -0.1) is 0 Å². The van der Waals surface area contributed by atoms with Crippen molar-refractivity contribution in [2.75, 3.05) is 13.3 Å². The zero-order valence-corrected chi connectivity index (χ0v) is 7.01. The summed E-state index contributed by atoms with van der Waals surface area (Å²) in [5, 5.41) is 20.4. The average Bonchev–Trinajstić information content (AvgIpc) is 2.62. The fourth-order valence-electron chi connectivity index (χ4n) is 0.654. The lowest BCUT2D eigenvalue weighted by Crippen LogP contribution is -2.19. The number of aromatic nitrogens is 1. The molecular weight excluding hydrogens is 197 g/mol. The number of nitrogens with zero attached hydrogens (tertiary/aromatic N) is 1. The van der Waals surface area contributed by atoms with E-state index in [2.05, 4.69) is 9.68 Å². The molecule has 78 valence electrons. The number of rotatable bonds is 5. The Morgan fingerprint density at radius 3 is 3.00 bits per heavy atom. The molecule has 0 saturated heterocycles. The fourth-order valence-corrected chi connectivity index (χ4v) is 0.654. The first-order chi connectivity index (χ1) is 6.63. The van der Waals surface area contributed by atoms with Crippen LogP contribution in [0.2, 0.25) is 0 Å². The summed E-state index contributed by atoms with van der Waals surface area (Å²) in [6, 6.07) is 1.04. The lowest BCUT2D eigenvalue weighted by atomic mass is 10.4. The van der Waals surface area contributed by atoms with Crippen molar-refractivity contribution < 1.29 is 28.7 Å². The molecule has 6 nitrogen and oxygen atoms in total. The minimum atomic E-state index is -1.28. The Kier molecular flexibility index (Phi) is 3.41. The summed E-state index contributed by atoms with van der Waals surface area (Å²) < 4.78 is 20.8. The number of carboxylic acid groups (broad SMARTS) is 1. The van der Waals surface area contributed by atoms with Gasteiger partial charge in [0.2, 0.25) is 5.76 Å². The second-order valence-corrected chi connectivity index (χ2v) is 2.45. The van der Waals surface area contributed by atoms with Crippen LogP contribution in [0.4, 0.5) is 4.39 Å². The maximum absolute atomic E-state index is 11.8. The van der Waals surface area contributed by atoms with E-state index in [0.29, 0.717) is 0 Å². The van der Waals surface area contributed by atoms with Crippen molar-refractivity contribution in [2.24, 2.45) is 0 Å². The molecule has 0 fully saturated rings. The van der Waals surface area contributed by atoms with Gasteiger partial charge in [-0.3, -0.25) is 0 Å². The topological polar surface area (TPSA) is 92.8 Å². The molecular formula is C7H8FNO5. The molecule has 14 heavy (non-hydrogen) atoms. The van der Waals surface area contributed by atoms with Crippen LogP contribution < -0.4 is 4.74 Å².